The minimum Gasteiger partial charge on any atom is -0.506 e. The molecule has 2 heterocycles. The van der Waals surface area contributed by atoms with Gasteiger partial charge in [0.25, 0.3) is 5.91 Å². The van der Waals surface area contributed by atoms with E-state index in [9.17, 15) is 27.9 Å². The number of hydrogen-bond acceptors (Lipinski definition) is 5. The zero-order valence-corrected chi connectivity index (χ0v) is 18.5. The number of carbonyl (C=O) groups is 2. The second-order valence-corrected chi connectivity index (χ2v) is 8.89. The first-order valence-electron chi connectivity index (χ1n) is 11.3. The average molecular weight is 476 g/mol. The number of aromatic nitrogens is 1. The number of alkyl halides is 3. The lowest BCUT2D eigenvalue weighted by Crippen LogP contribution is -2.63. The quantitative estimate of drug-likeness (QED) is 0.596. The fraction of sp³-hybridized carbons (Fsp3) is 0.458. The van der Waals surface area contributed by atoms with Crippen LogP contribution in [0.2, 0.25) is 0 Å². The molecule has 10 heteroatoms. The molecule has 1 aromatic heterocycles. The highest BCUT2D eigenvalue weighted by molar-refractivity contribution is 5.96. The summed E-state index contributed by atoms with van der Waals surface area (Å²) >= 11 is 0. The third-order valence-corrected chi connectivity index (χ3v) is 6.55. The van der Waals surface area contributed by atoms with Gasteiger partial charge in [-0.2, -0.15) is 13.2 Å². The minimum absolute atomic E-state index is 0.0180. The zero-order chi connectivity index (χ0) is 24.3. The standard InChI is InChI=1S/C24H27F3N4O3/c25-24(26,27)17-4-1-3-16(11-17)23(34)29-12-21(33)30-18-13-31(14-18)19-8-6-15(7-9-19)22-20(32)5-2-10-28-22/h1-5,10-11,15,18-19,32H,6-9,12-14H2,(H,29,34)(H,30,33)/t15-,19+. The SMILES string of the molecule is O=C(CNC(=O)c1cccc(C(F)(F)F)c1)NC1CN([C@H]2CC[C@@H](c3ncccc3O)CC2)C1. The van der Waals surface area contributed by atoms with Crippen LogP contribution < -0.4 is 10.6 Å². The van der Waals surface area contributed by atoms with Crippen LogP contribution in [0, 0.1) is 0 Å². The molecule has 0 unspecified atom stereocenters. The van der Waals surface area contributed by atoms with Crippen molar-refractivity contribution in [1.29, 1.82) is 0 Å². The summed E-state index contributed by atoms with van der Waals surface area (Å²) in [6, 6.07) is 7.88. The Hall–Kier alpha value is -3.14. The molecule has 1 saturated heterocycles. The number of pyridine rings is 1. The van der Waals surface area contributed by atoms with Crippen LogP contribution in [-0.2, 0) is 11.0 Å². The monoisotopic (exact) mass is 476 g/mol. The molecule has 34 heavy (non-hydrogen) atoms. The molecule has 2 amide bonds. The Morgan fingerprint density at radius 2 is 1.82 bits per heavy atom. The third-order valence-electron chi connectivity index (χ3n) is 6.55. The van der Waals surface area contributed by atoms with E-state index in [1.54, 1.807) is 18.3 Å². The highest BCUT2D eigenvalue weighted by atomic mass is 19.4. The van der Waals surface area contributed by atoms with Crippen LogP contribution in [0.4, 0.5) is 13.2 Å². The van der Waals surface area contributed by atoms with Crippen LogP contribution in [-0.4, -0.2) is 58.5 Å². The normalized spacial score (nSPS) is 21.5. The first kappa shape index (κ1) is 24.0. The van der Waals surface area contributed by atoms with E-state index in [0.717, 1.165) is 62.7 Å². The molecule has 7 nitrogen and oxygen atoms in total. The third kappa shape index (κ3) is 5.67. The van der Waals surface area contributed by atoms with Gasteiger partial charge in [-0.25, -0.2) is 0 Å². The molecule has 1 aromatic carbocycles. The minimum atomic E-state index is -4.54. The molecule has 1 aliphatic heterocycles. The maximum Gasteiger partial charge on any atom is 0.416 e. The molecule has 0 atom stereocenters. The Bertz CT molecular complexity index is 1030. The summed E-state index contributed by atoms with van der Waals surface area (Å²) < 4.78 is 38.4. The van der Waals surface area contributed by atoms with Gasteiger partial charge in [-0.3, -0.25) is 19.5 Å². The van der Waals surface area contributed by atoms with E-state index in [2.05, 4.69) is 20.5 Å². The van der Waals surface area contributed by atoms with Gasteiger partial charge >= 0.3 is 6.18 Å². The van der Waals surface area contributed by atoms with Crippen molar-refractivity contribution in [2.75, 3.05) is 19.6 Å². The number of halogens is 3. The summed E-state index contributed by atoms with van der Waals surface area (Å²) in [6.45, 7) is 1.14. The molecular formula is C24H27F3N4O3. The van der Waals surface area contributed by atoms with E-state index in [-0.39, 0.29) is 35.7 Å². The second-order valence-electron chi connectivity index (χ2n) is 8.89. The van der Waals surface area contributed by atoms with Crippen molar-refractivity contribution in [3.8, 4) is 5.75 Å². The molecule has 0 spiro atoms. The highest BCUT2D eigenvalue weighted by Crippen LogP contribution is 2.38. The first-order chi connectivity index (χ1) is 16.2. The van der Waals surface area contributed by atoms with Crippen molar-refractivity contribution >= 4 is 11.8 Å². The van der Waals surface area contributed by atoms with Crippen LogP contribution in [0.5, 0.6) is 5.75 Å². The Morgan fingerprint density at radius 1 is 1.09 bits per heavy atom. The van der Waals surface area contributed by atoms with Gasteiger partial charge in [0.2, 0.25) is 5.91 Å². The lowest BCUT2D eigenvalue weighted by molar-refractivity contribution is -0.137. The number of aromatic hydroxyl groups is 1. The lowest BCUT2D eigenvalue weighted by atomic mass is 9.82. The van der Waals surface area contributed by atoms with E-state index in [0.29, 0.717) is 6.04 Å². The average Bonchev–Trinajstić information content (AvgIpc) is 2.79. The van der Waals surface area contributed by atoms with Crippen molar-refractivity contribution in [2.24, 2.45) is 0 Å². The van der Waals surface area contributed by atoms with Crippen LogP contribution in [0.25, 0.3) is 0 Å². The van der Waals surface area contributed by atoms with Crippen LogP contribution in [0.3, 0.4) is 0 Å². The lowest BCUT2D eigenvalue weighted by Gasteiger charge is -2.46. The molecule has 3 N–H and O–H groups in total. The fourth-order valence-electron chi connectivity index (χ4n) is 4.72. The Kier molecular flexibility index (Phi) is 7.06. The molecular weight excluding hydrogens is 449 g/mol. The van der Waals surface area contributed by atoms with Crippen molar-refractivity contribution < 1.29 is 27.9 Å². The zero-order valence-electron chi connectivity index (χ0n) is 18.5. The number of amides is 2. The number of benzene rings is 1. The van der Waals surface area contributed by atoms with Gasteiger partial charge in [-0.1, -0.05) is 6.07 Å². The van der Waals surface area contributed by atoms with Crippen LogP contribution in [0.15, 0.2) is 42.6 Å². The van der Waals surface area contributed by atoms with Gasteiger partial charge in [0.15, 0.2) is 0 Å². The predicted octanol–water partition coefficient (Wildman–Crippen LogP) is 3.06. The summed E-state index contributed by atoms with van der Waals surface area (Å²) in [5.41, 5.74) is -0.293. The van der Waals surface area contributed by atoms with Gasteiger partial charge in [0.1, 0.15) is 5.75 Å². The van der Waals surface area contributed by atoms with Gasteiger partial charge in [-0.15, -0.1) is 0 Å². The van der Waals surface area contributed by atoms with E-state index in [1.165, 1.54) is 6.07 Å². The maximum absolute atomic E-state index is 12.8. The molecule has 2 aliphatic rings. The second kappa shape index (κ2) is 10.0. The molecule has 2 aromatic rings. The van der Waals surface area contributed by atoms with E-state index < -0.39 is 17.6 Å². The van der Waals surface area contributed by atoms with Crippen molar-refractivity contribution in [1.82, 2.24) is 20.5 Å². The molecule has 4 rings (SSSR count). The number of nitrogens with one attached hydrogen (secondary N) is 2. The maximum atomic E-state index is 12.8. The first-order valence-corrected chi connectivity index (χ1v) is 11.3. The van der Waals surface area contributed by atoms with Gasteiger partial charge < -0.3 is 15.7 Å². The van der Waals surface area contributed by atoms with Gasteiger partial charge in [0, 0.05) is 36.8 Å². The smallest absolute Gasteiger partial charge is 0.416 e. The molecule has 1 aliphatic carbocycles. The molecule has 182 valence electrons. The number of likely N-dealkylation sites (tertiary alicyclic amines) is 1. The van der Waals surface area contributed by atoms with Crippen LogP contribution >= 0.6 is 0 Å². The largest absolute Gasteiger partial charge is 0.506 e. The Labute approximate surface area is 195 Å². The predicted molar refractivity (Wildman–Crippen MR) is 118 cm³/mol. The summed E-state index contributed by atoms with van der Waals surface area (Å²) in [4.78, 5) is 30.9. The number of nitrogens with zero attached hydrogens (tertiary/aromatic N) is 2. The fourth-order valence-corrected chi connectivity index (χ4v) is 4.72. The van der Waals surface area contributed by atoms with Crippen molar-refractivity contribution in [2.45, 2.75) is 49.9 Å². The van der Waals surface area contributed by atoms with E-state index in [4.69, 9.17) is 0 Å². The van der Waals surface area contributed by atoms with Crippen molar-refractivity contribution in [3.63, 3.8) is 0 Å². The van der Waals surface area contributed by atoms with Gasteiger partial charge in [-0.05, 0) is 56.0 Å². The summed E-state index contributed by atoms with van der Waals surface area (Å²) in [5, 5.41) is 15.2. The number of carbonyl (C=O) groups excluding carboxylic acids is 2. The summed E-state index contributed by atoms with van der Waals surface area (Å²) in [5.74, 6) is -0.598. The highest BCUT2D eigenvalue weighted by Gasteiger charge is 2.36. The van der Waals surface area contributed by atoms with Crippen LogP contribution in [0.1, 0.15) is 53.2 Å². The van der Waals surface area contributed by atoms with Crippen molar-refractivity contribution in [3.05, 3.63) is 59.4 Å². The Morgan fingerprint density at radius 3 is 2.50 bits per heavy atom. The number of hydrogen-bond donors (Lipinski definition) is 3. The van der Waals surface area contributed by atoms with E-state index >= 15 is 0 Å². The topological polar surface area (TPSA) is 94.6 Å². The summed E-state index contributed by atoms with van der Waals surface area (Å²) in [6.07, 6.45) is 1.05. The summed E-state index contributed by atoms with van der Waals surface area (Å²) in [7, 11) is 0. The number of rotatable bonds is 6. The molecule has 2 fully saturated rings. The van der Waals surface area contributed by atoms with E-state index in [1.807, 2.05) is 0 Å². The Balaban J connectivity index is 1.16. The molecule has 0 radical (unpaired) electrons. The molecule has 1 saturated carbocycles. The molecule has 0 bridgehead atoms. The van der Waals surface area contributed by atoms with Gasteiger partial charge in [0.05, 0.1) is 23.8 Å².